The molecule has 3 rings (SSSR count). The van der Waals surface area contributed by atoms with Crippen molar-refractivity contribution in [3.05, 3.63) is 24.0 Å². The molecular formula is C17H23N3O4. The first-order chi connectivity index (χ1) is 11.4. The topological polar surface area (TPSA) is 83.0 Å². The van der Waals surface area contributed by atoms with Gasteiger partial charge < -0.3 is 19.6 Å². The van der Waals surface area contributed by atoms with Crippen LogP contribution < -0.4 is 4.90 Å². The number of hydrogen-bond donors (Lipinski definition) is 1. The molecule has 24 heavy (non-hydrogen) atoms. The number of anilines is 1. The molecule has 3 heterocycles. The van der Waals surface area contributed by atoms with Crippen LogP contribution in [-0.4, -0.2) is 65.3 Å². The minimum absolute atomic E-state index is 0.135. The number of aliphatic carboxylic acids is 1. The van der Waals surface area contributed by atoms with Crippen LogP contribution in [0.4, 0.5) is 5.69 Å². The average molecular weight is 333 g/mol. The molecule has 0 aliphatic carbocycles. The van der Waals surface area contributed by atoms with Crippen LogP contribution in [0.15, 0.2) is 18.3 Å². The Morgan fingerprint density at radius 1 is 1.25 bits per heavy atom. The van der Waals surface area contributed by atoms with Gasteiger partial charge in [0.25, 0.3) is 5.91 Å². The highest BCUT2D eigenvalue weighted by Gasteiger charge is 2.32. The van der Waals surface area contributed by atoms with Gasteiger partial charge in [-0.2, -0.15) is 0 Å². The first kappa shape index (κ1) is 16.7. The maximum absolute atomic E-state index is 12.6. The predicted molar refractivity (Wildman–Crippen MR) is 88.1 cm³/mol. The summed E-state index contributed by atoms with van der Waals surface area (Å²) in [6.45, 7) is 6.33. The molecule has 1 N–H and O–H groups in total. The number of carboxylic acids is 1. The molecule has 2 saturated heterocycles. The van der Waals surface area contributed by atoms with Gasteiger partial charge in [0.1, 0.15) is 5.69 Å². The number of carbonyl (C=O) groups is 2. The molecular weight excluding hydrogens is 310 g/mol. The molecule has 0 spiro atoms. The first-order valence-corrected chi connectivity index (χ1v) is 8.32. The average Bonchev–Trinajstić information content (AvgIpc) is 3.03. The van der Waals surface area contributed by atoms with E-state index in [1.54, 1.807) is 17.2 Å². The molecule has 7 heteroatoms. The minimum atomic E-state index is -0.844. The number of pyridine rings is 1. The van der Waals surface area contributed by atoms with Gasteiger partial charge in [0.15, 0.2) is 0 Å². The fourth-order valence-electron chi connectivity index (χ4n) is 3.43. The van der Waals surface area contributed by atoms with Gasteiger partial charge in [-0.15, -0.1) is 0 Å². The fourth-order valence-corrected chi connectivity index (χ4v) is 3.43. The molecule has 1 amide bonds. The standard InChI is InChI=1S/C17H23N3O4/c1-11-8-20(9-12(2)24-11)14-3-5-18-15(7-14)16(21)19-6-4-13(10-19)17(22)23/h3,5,7,11-13H,4,6,8-10H2,1-2H3,(H,22,23). The van der Waals surface area contributed by atoms with Crippen LogP contribution in [0.1, 0.15) is 30.8 Å². The third-order valence-electron chi connectivity index (χ3n) is 4.57. The van der Waals surface area contributed by atoms with Gasteiger partial charge in [-0.1, -0.05) is 0 Å². The SMILES string of the molecule is CC1CN(c2ccnc(C(=O)N3CCC(C(=O)O)C3)c2)CC(C)O1. The van der Waals surface area contributed by atoms with Crippen molar-refractivity contribution in [1.82, 2.24) is 9.88 Å². The predicted octanol–water partition coefficient (Wildman–Crippen LogP) is 1.24. The molecule has 2 aliphatic rings. The molecule has 0 radical (unpaired) electrons. The Hall–Kier alpha value is -2.15. The first-order valence-electron chi connectivity index (χ1n) is 8.32. The van der Waals surface area contributed by atoms with Crippen molar-refractivity contribution in [3.8, 4) is 0 Å². The van der Waals surface area contributed by atoms with E-state index >= 15 is 0 Å². The Labute approximate surface area is 141 Å². The second-order valence-corrected chi connectivity index (χ2v) is 6.64. The number of rotatable bonds is 3. The van der Waals surface area contributed by atoms with E-state index in [9.17, 15) is 9.59 Å². The van der Waals surface area contributed by atoms with Crippen LogP contribution in [0.3, 0.4) is 0 Å². The zero-order valence-electron chi connectivity index (χ0n) is 14.0. The van der Waals surface area contributed by atoms with Crippen LogP contribution in [0, 0.1) is 5.92 Å². The van der Waals surface area contributed by atoms with Gasteiger partial charge in [-0.3, -0.25) is 14.6 Å². The number of morpholine rings is 1. The van der Waals surface area contributed by atoms with Gasteiger partial charge in [0, 0.05) is 38.1 Å². The molecule has 2 fully saturated rings. The van der Waals surface area contributed by atoms with Crippen molar-refractivity contribution in [2.75, 3.05) is 31.1 Å². The zero-order chi connectivity index (χ0) is 17.3. The Bertz CT molecular complexity index is 626. The Balaban J connectivity index is 1.73. The molecule has 2 aliphatic heterocycles. The molecule has 0 bridgehead atoms. The Kier molecular flexibility index (Phi) is 4.71. The number of carbonyl (C=O) groups excluding carboxylic acids is 1. The summed E-state index contributed by atoms with van der Waals surface area (Å²) in [5, 5.41) is 9.08. The lowest BCUT2D eigenvalue weighted by Gasteiger charge is -2.36. The summed E-state index contributed by atoms with van der Waals surface area (Å²) < 4.78 is 5.74. The van der Waals surface area contributed by atoms with Crippen molar-refractivity contribution < 1.29 is 19.4 Å². The van der Waals surface area contributed by atoms with Gasteiger partial charge in [-0.05, 0) is 32.4 Å². The van der Waals surface area contributed by atoms with E-state index in [1.165, 1.54) is 0 Å². The largest absolute Gasteiger partial charge is 0.481 e. The van der Waals surface area contributed by atoms with E-state index < -0.39 is 11.9 Å². The zero-order valence-corrected chi connectivity index (χ0v) is 14.0. The molecule has 0 aromatic carbocycles. The number of likely N-dealkylation sites (tertiary alicyclic amines) is 1. The normalized spacial score (nSPS) is 27.3. The summed E-state index contributed by atoms with van der Waals surface area (Å²) in [7, 11) is 0. The maximum Gasteiger partial charge on any atom is 0.308 e. The Morgan fingerprint density at radius 3 is 2.58 bits per heavy atom. The van der Waals surface area contributed by atoms with Crippen LogP contribution >= 0.6 is 0 Å². The summed E-state index contributed by atoms with van der Waals surface area (Å²) >= 11 is 0. The Morgan fingerprint density at radius 2 is 1.96 bits per heavy atom. The van der Waals surface area contributed by atoms with E-state index in [4.69, 9.17) is 9.84 Å². The van der Waals surface area contributed by atoms with E-state index in [2.05, 4.69) is 9.88 Å². The summed E-state index contributed by atoms with van der Waals surface area (Å²) in [6.07, 6.45) is 2.41. The third-order valence-corrected chi connectivity index (χ3v) is 4.57. The van der Waals surface area contributed by atoms with Crippen molar-refractivity contribution >= 4 is 17.6 Å². The van der Waals surface area contributed by atoms with E-state index in [-0.39, 0.29) is 24.7 Å². The van der Waals surface area contributed by atoms with Crippen molar-refractivity contribution in [2.24, 2.45) is 5.92 Å². The molecule has 3 atom stereocenters. The summed E-state index contributed by atoms with van der Waals surface area (Å²) in [6, 6.07) is 3.69. The molecule has 1 aromatic heterocycles. The smallest absolute Gasteiger partial charge is 0.308 e. The molecule has 1 aromatic rings. The lowest BCUT2D eigenvalue weighted by molar-refractivity contribution is -0.141. The maximum atomic E-state index is 12.6. The number of amides is 1. The number of aromatic nitrogens is 1. The summed E-state index contributed by atoms with van der Waals surface area (Å²) in [5.74, 6) is -1.52. The van der Waals surface area contributed by atoms with Gasteiger partial charge in [-0.25, -0.2) is 0 Å². The minimum Gasteiger partial charge on any atom is -0.481 e. The lowest BCUT2D eigenvalue weighted by atomic mass is 10.1. The second-order valence-electron chi connectivity index (χ2n) is 6.64. The van der Waals surface area contributed by atoms with Crippen molar-refractivity contribution in [1.29, 1.82) is 0 Å². The van der Waals surface area contributed by atoms with Gasteiger partial charge >= 0.3 is 5.97 Å². The van der Waals surface area contributed by atoms with Gasteiger partial charge in [0.05, 0.1) is 18.1 Å². The third kappa shape index (κ3) is 3.51. The molecule has 0 saturated carbocycles. The van der Waals surface area contributed by atoms with Gasteiger partial charge in [0.2, 0.25) is 0 Å². The highest BCUT2D eigenvalue weighted by Crippen LogP contribution is 2.23. The lowest BCUT2D eigenvalue weighted by Crippen LogP contribution is -2.45. The van der Waals surface area contributed by atoms with Crippen LogP contribution in [0.5, 0.6) is 0 Å². The fraction of sp³-hybridized carbons (Fsp3) is 0.588. The van der Waals surface area contributed by atoms with Crippen LogP contribution in [-0.2, 0) is 9.53 Å². The van der Waals surface area contributed by atoms with E-state index in [1.807, 2.05) is 19.9 Å². The molecule has 130 valence electrons. The van der Waals surface area contributed by atoms with Crippen LogP contribution in [0.2, 0.25) is 0 Å². The number of ether oxygens (including phenoxy) is 1. The molecule has 3 unspecified atom stereocenters. The monoisotopic (exact) mass is 333 g/mol. The number of nitrogens with zero attached hydrogens (tertiary/aromatic N) is 3. The van der Waals surface area contributed by atoms with Crippen molar-refractivity contribution in [2.45, 2.75) is 32.5 Å². The second kappa shape index (κ2) is 6.76. The van der Waals surface area contributed by atoms with E-state index in [0.717, 1.165) is 18.8 Å². The molecule has 7 nitrogen and oxygen atoms in total. The summed E-state index contributed by atoms with van der Waals surface area (Å²) in [5.41, 5.74) is 1.31. The van der Waals surface area contributed by atoms with Crippen molar-refractivity contribution in [3.63, 3.8) is 0 Å². The highest BCUT2D eigenvalue weighted by atomic mass is 16.5. The summed E-state index contributed by atoms with van der Waals surface area (Å²) in [4.78, 5) is 31.6. The highest BCUT2D eigenvalue weighted by molar-refractivity contribution is 5.93. The number of carboxylic acid groups (broad SMARTS) is 1. The quantitative estimate of drug-likeness (QED) is 0.896. The van der Waals surface area contributed by atoms with E-state index in [0.29, 0.717) is 18.7 Å². The van der Waals surface area contributed by atoms with Crippen LogP contribution in [0.25, 0.3) is 0 Å². The number of hydrogen-bond acceptors (Lipinski definition) is 5.